The average Bonchev–Trinajstić information content (AvgIpc) is 3.86. The van der Waals surface area contributed by atoms with Crippen molar-refractivity contribution in [3.8, 4) is 0 Å². The Morgan fingerprint density at radius 1 is 0.650 bits per heavy atom. The molecule has 5 heteroatoms. The number of benzene rings is 4. The molecule has 0 nitrogen and oxygen atoms in total. The summed E-state index contributed by atoms with van der Waals surface area (Å²) in [5, 5.41) is 6.28. The maximum Gasteiger partial charge on any atom is -0.109 e. The van der Waals surface area contributed by atoms with E-state index >= 15 is 0 Å². The Labute approximate surface area is 396 Å². The minimum Gasteiger partial charge on any atom is -1.00 e. The molecule has 8 atom stereocenters. The fraction of sp³-hybridized carbons (Fsp3) is 0.309. The molecule has 6 aliphatic carbocycles. The number of halogens is 4. The van der Waals surface area contributed by atoms with Gasteiger partial charge in [-0.15, -0.1) is 23.8 Å². The van der Waals surface area contributed by atoms with E-state index in [9.17, 15) is 0 Å². The van der Waals surface area contributed by atoms with Crippen LogP contribution in [0.25, 0.3) is 21.5 Å². The van der Waals surface area contributed by atoms with E-state index in [1.807, 2.05) is 36.4 Å². The Hall–Kier alpha value is -2.77. The minimum absolute atomic E-state index is 0. The van der Waals surface area contributed by atoms with Gasteiger partial charge in [0.15, 0.2) is 0 Å². The van der Waals surface area contributed by atoms with Gasteiger partial charge in [-0.25, -0.2) is 12.2 Å². The molecule has 0 bridgehead atoms. The van der Waals surface area contributed by atoms with Crippen molar-refractivity contribution in [2.45, 2.75) is 61.8 Å². The number of fused-ring (bicyclic) bond motifs is 10. The molecule has 8 unspecified atom stereocenters. The largest absolute Gasteiger partial charge is 1.00 e. The summed E-state index contributed by atoms with van der Waals surface area (Å²) in [6.45, 7) is 20.3. The van der Waals surface area contributed by atoms with Gasteiger partial charge in [-0.05, 0) is 28.6 Å². The van der Waals surface area contributed by atoms with Crippen LogP contribution in [-0.4, -0.2) is 3.21 Å². The normalized spacial score (nSPS) is 34.5. The zero-order valence-corrected chi connectivity index (χ0v) is 41.4. The van der Waals surface area contributed by atoms with Crippen molar-refractivity contribution in [2.24, 2.45) is 43.8 Å². The molecule has 308 valence electrons. The van der Waals surface area contributed by atoms with Crippen molar-refractivity contribution in [3.05, 3.63) is 197 Å². The third kappa shape index (κ3) is 6.33. The topological polar surface area (TPSA) is 0 Å². The minimum atomic E-state index is 0. The summed E-state index contributed by atoms with van der Waals surface area (Å²) in [6.07, 6.45) is 39.3. The maximum atomic E-state index is 6.38. The molecule has 10 rings (SSSR count). The monoisotopic (exact) mass is 944 g/mol. The van der Waals surface area contributed by atoms with Crippen molar-refractivity contribution >= 4 is 48.0 Å². The molecule has 2 fully saturated rings. The quantitative estimate of drug-likeness (QED) is 0.176. The molecule has 6 aliphatic rings. The molecule has 60 heavy (non-hydrogen) atoms. The SMILES string of the molecule is CC1=CC=CC2[CH-]C3(C)C4(C)C=CC=CC4(C)C4(C)C=CC=CC4(C)C3(C)C12C.Clc1cc([C](=[Zr+2])c2cc(Cl)cc3ccccc23)c2ccccc2c1.[C-]1=CC=CC1.[Cl-].[Cl-]. The predicted molar refractivity (Wildman–Crippen MR) is 247 cm³/mol. The summed E-state index contributed by atoms with van der Waals surface area (Å²) in [6, 6.07) is 24.9. The van der Waals surface area contributed by atoms with Crippen LogP contribution in [0, 0.1) is 56.3 Å². The summed E-state index contributed by atoms with van der Waals surface area (Å²) in [7, 11) is 0. The van der Waals surface area contributed by atoms with Gasteiger partial charge in [0, 0.05) is 10.8 Å². The van der Waals surface area contributed by atoms with Gasteiger partial charge in [-0.1, -0.05) is 115 Å². The first-order chi connectivity index (χ1) is 27.5. The van der Waals surface area contributed by atoms with E-state index in [4.69, 9.17) is 23.2 Å². The predicted octanol–water partition coefficient (Wildman–Crippen LogP) is 9.38. The average molecular weight is 948 g/mol. The van der Waals surface area contributed by atoms with Crippen molar-refractivity contribution in [1.29, 1.82) is 0 Å². The molecule has 0 aromatic heterocycles. The molecule has 0 amide bonds. The summed E-state index contributed by atoms with van der Waals surface area (Å²) < 4.78 is 1.26. The smallest absolute Gasteiger partial charge is 0.109 e. The van der Waals surface area contributed by atoms with Crippen LogP contribution >= 0.6 is 23.2 Å². The van der Waals surface area contributed by atoms with Crippen molar-refractivity contribution in [2.75, 3.05) is 0 Å². The van der Waals surface area contributed by atoms with Gasteiger partial charge < -0.3 is 31.2 Å². The number of hydrogen-bond acceptors (Lipinski definition) is 0. The third-order valence-corrected chi connectivity index (χ3v) is 18.6. The van der Waals surface area contributed by atoms with Crippen LogP contribution in [0.2, 0.25) is 10.0 Å². The van der Waals surface area contributed by atoms with E-state index in [0.717, 1.165) is 27.2 Å². The van der Waals surface area contributed by atoms with Crippen molar-refractivity contribution in [1.82, 2.24) is 0 Å². The zero-order chi connectivity index (χ0) is 41.4. The third-order valence-electron chi connectivity index (χ3n) is 16.8. The van der Waals surface area contributed by atoms with Gasteiger partial charge in [0.25, 0.3) is 0 Å². The van der Waals surface area contributed by atoms with E-state index in [-0.39, 0.29) is 62.7 Å². The van der Waals surface area contributed by atoms with Gasteiger partial charge >= 0.3 is 166 Å². The van der Waals surface area contributed by atoms with Crippen LogP contribution in [0.1, 0.15) is 72.9 Å². The summed E-state index contributed by atoms with van der Waals surface area (Å²) >= 11 is 14.1. The van der Waals surface area contributed by atoms with E-state index in [1.165, 1.54) is 54.9 Å². The Bertz CT molecular complexity index is 2510. The molecule has 0 radical (unpaired) electrons. The first-order valence-corrected chi connectivity index (χ1v) is 22.6. The maximum absolute atomic E-state index is 6.38. The van der Waals surface area contributed by atoms with Crippen LogP contribution in [-0.2, 0) is 24.2 Å². The van der Waals surface area contributed by atoms with Crippen LogP contribution in [0.4, 0.5) is 0 Å². The Morgan fingerprint density at radius 3 is 1.62 bits per heavy atom. The van der Waals surface area contributed by atoms with E-state index in [2.05, 4.69) is 189 Å². The van der Waals surface area contributed by atoms with Gasteiger partial charge in [0.2, 0.25) is 0 Å². The van der Waals surface area contributed by atoms with Crippen LogP contribution < -0.4 is 24.8 Å². The van der Waals surface area contributed by atoms with Crippen LogP contribution in [0.15, 0.2) is 163 Å². The fourth-order valence-electron chi connectivity index (χ4n) is 12.7. The number of rotatable bonds is 2. The molecule has 0 spiro atoms. The second kappa shape index (κ2) is 16.7. The molecule has 2 saturated carbocycles. The van der Waals surface area contributed by atoms with Crippen molar-refractivity contribution < 1.29 is 49.0 Å². The van der Waals surface area contributed by atoms with Gasteiger partial charge in [0.05, 0.1) is 0 Å². The van der Waals surface area contributed by atoms with Crippen molar-refractivity contribution in [3.63, 3.8) is 0 Å². The van der Waals surface area contributed by atoms with E-state index < -0.39 is 0 Å². The molecule has 4 aromatic rings. The summed E-state index contributed by atoms with van der Waals surface area (Å²) in [4.78, 5) is 0. The molecule has 0 saturated heterocycles. The summed E-state index contributed by atoms with van der Waals surface area (Å²) in [5.41, 5.74) is 4.10. The van der Waals surface area contributed by atoms with Gasteiger partial charge in [-0.3, -0.25) is 6.08 Å². The molecule has 4 aromatic carbocycles. The van der Waals surface area contributed by atoms with Crippen LogP contribution in [0.5, 0.6) is 0 Å². The second-order valence-electron chi connectivity index (χ2n) is 18.4. The molecule has 0 aliphatic heterocycles. The number of hydrogen-bond donors (Lipinski definition) is 0. The standard InChI is InChI=1S/C29H37.C21H12Cl2.C5H5.2ClH.Zr/c1-21-14-13-15-22-20-27(6)25(4)18-10-9-16-23(25,2)24(3)17-11-12-19-26(24,5)29(27,8)28(21,22)7;22-18-10-14-5-1-3-7-20(14)16(12-18)9-17-13-19(23)11-15-6-2-4-8-21(15)17;1-2-4-5-3-1;;;/h9-20,22H,1-8H3;1-8,10-13H;1-3H,4H2;2*1H;/q-1;;-1;;;+2/p-2. The Balaban J connectivity index is 0.000000177. The van der Waals surface area contributed by atoms with E-state index in [1.54, 1.807) is 0 Å². The van der Waals surface area contributed by atoms with Crippen LogP contribution in [0.3, 0.4) is 0 Å². The molecule has 0 N–H and O–H groups in total. The number of allylic oxidation sites excluding steroid dienone is 16. The summed E-state index contributed by atoms with van der Waals surface area (Å²) in [5.74, 6) is 0.460. The molecular formula is C55H54Cl4Zr-2. The second-order valence-corrected chi connectivity index (χ2v) is 20.5. The van der Waals surface area contributed by atoms with Gasteiger partial charge in [-0.2, -0.15) is 6.08 Å². The molecular weight excluding hydrogens is 894 g/mol. The van der Waals surface area contributed by atoms with E-state index in [0.29, 0.717) is 5.92 Å². The Morgan fingerprint density at radius 2 is 1.13 bits per heavy atom. The Kier molecular flexibility index (Phi) is 13.0. The van der Waals surface area contributed by atoms with Gasteiger partial charge in [0.1, 0.15) is 0 Å². The molecule has 0 heterocycles. The fourth-order valence-corrected chi connectivity index (χ4v) is 14.2. The first-order valence-electron chi connectivity index (χ1n) is 20.7. The first kappa shape index (κ1) is 46.7. The zero-order valence-electron chi connectivity index (χ0n) is 35.9.